The maximum atomic E-state index is 11.2. The van der Waals surface area contributed by atoms with Crippen LogP contribution in [0.25, 0.3) is 0 Å². The van der Waals surface area contributed by atoms with Crippen molar-refractivity contribution in [2.45, 2.75) is 26.7 Å². The Morgan fingerprint density at radius 2 is 2.06 bits per heavy atom. The van der Waals surface area contributed by atoms with E-state index in [1.54, 1.807) is 12.1 Å². The maximum absolute atomic E-state index is 11.2. The van der Waals surface area contributed by atoms with Gasteiger partial charge in [0.25, 0.3) is 0 Å². The fourth-order valence-electron chi connectivity index (χ4n) is 1.98. The van der Waals surface area contributed by atoms with Crippen LogP contribution in [0.15, 0.2) is 24.8 Å². The third-order valence-electron chi connectivity index (χ3n) is 2.67. The number of carbonyl (C=O) groups excluding carboxylic acids is 1. The molecule has 96 valence electrons. The minimum atomic E-state index is -0.952. The highest BCUT2D eigenvalue weighted by Crippen LogP contribution is 2.25. The first-order valence-electron chi connectivity index (χ1n) is 5.77. The van der Waals surface area contributed by atoms with Crippen LogP contribution in [0, 0.1) is 0 Å². The fourth-order valence-corrected chi connectivity index (χ4v) is 1.98. The van der Waals surface area contributed by atoms with E-state index in [-0.39, 0.29) is 11.5 Å². The number of carbonyl (C=O) groups is 2. The summed E-state index contributed by atoms with van der Waals surface area (Å²) in [5.74, 6) is -1.13. The normalized spacial score (nSPS) is 9.89. The van der Waals surface area contributed by atoms with Gasteiger partial charge in [0, 0.05) is 12.6 Å². The van der Waals surface area contributed by atoms with E-state index in [0.29, 0.717) is 18.5 Å². The van der Waals surface area contributed by atoms with E-state index in [0.717, 1.165) is 11.1 Å². The molecule has 0 bridgehead atoms. The second-order valence-corrected chi connectivity index (χ2v) is 3.95. The zero-order valence-corrected chi connectivity index (χ0v) is 10.6. The van der Waals surface area contributed by atoms with Crippen molar-refractivity contribution in [2.75, 3.05) is 5.32 Å². The zero-order chi connectivity index (χ0) is 13.7. The summed E-state index contributed by atoms with van der Waals surface area (Å²) < 4.78 is 0. The first-order valence-corrected chi connectivity index (χ1v) is 5.77. The van der Waals surface area contributed by atoms with E-state index in [1.165, 1.54) is 13.0 Å². The van der Waals surface area contributed by atoms with Crippen molar-refractivity contribution in [2.24, 2.45) is 0 Å². The highest BCUT2D eigenvalue weighted by molar-refractivity contribution is 5.94. The Labute approximate surface area is 106 Å². The van der Waals surface area contributed by atoms with Gasteiger partial charge in [0.2, 0.25) is 5.91 Å². The predicted molar refractivity (Wildman–Crippen MR) is 71.0 cm³/mol. The Bertz CT molecular complexity index is 492. The van der Waals surface area contributed by atoms with Crippen LogP contribution in [0.2, 0.25) is 0 Å². The second kappa shape index (κ2) is 6.00. The number of carboxylic acids is 1. The summed E-state index contributed by atoms with van der Waals surface area (Å²) in [6.07, 6.45) is 2.82. The van der Waals surface area contributed by atoms with Crippen LogP contribution in [0.3, 0.4) is 0 Å². The Kier molecular flexibility index (Phi) is 4.66. The number of benzene rings is 1. The van der Waals surface area contributed by atoms with Crippen molar-refractivity contribution in [1.82, 2.24) is 0 Å². The van der Waals surface area contributed by atoms with Crippen molar-refractivity contribution in [3.63, 3.8) is 0 Å². The Morgan fingerprint density at radius 1 is 1.39 bits per heavy atom. The summed E-state index contributed by atoms with van der Waals surface area (Å²) in [4.78, 5) is 22.3. The van der Waals surface area contributed by atoms with E-state index in [1.807, 2.05) is 6.92 Å². The molecule has 0 heterocycles. The molecular formula is C14H17NO3. The maximum Gasteiger partial charge on any atom is 0.335 e. The molecule has 0 unspecified atom stereocenters. The van der Waals surface area contributed by atoms with Crippen LogP contribution in [0.5, 0.6) is 0 Å². The summed E-state index contributed by atoms with van der Waals surface area (Å²) in [6.45, 7) is 6.99. The van der Waals surface area contributed by atoms with Gasteiger partial charge in [-0.3, -0.25) is 4.79 Å². The number of aromatic carboxylic acids is 1. The monoisotopic (exact) mass is 247 g/mol. The van der Waals surface area contributed by atoms with Crippen molar-refractivity contribution in [1.29, 1.82) is 0 Å². The highest BCUT2D eigenvalue weighted by Gasteiger charge is 2.15. The summed E-state index contributed by atoms with van der Waals surface area (Å²) in [5.41, 5.74) is 2.50. The predicted octanol–water partition coefficient (Wildman–Crippen LogP) is 2.63. The number of anilines is 1. The van der Waals surface area contributed by atoms with Gasteiger partial charge in [-0.15, -0.1) is 6.58 Å². The van der Waals surface area contributed by atoms with Crippen LogP contribution in [0.4, 0.5) is 5.69 Å². The van der Waals surface area contributed by atoms with Crippen LogP contribution in [0.1, 0.15) is 35.3 Å². The third kappa shape index (κ3) is 2.97. The van der Waals surface area contributed by atoms with Gasteiger partial charge in [0.1, 0.15) is 0 Å². The molecule has 0 radical (unpaired) electrons. The molecule has 0 spiro atoms. The SMILES string of the molecule is C=CCc1c(NC(C)=O)ccc(C(=O)O)c1CC. The molecule has 4 heteroatoms. The second-order valence-electron chi connectivity index (χ2n) is 3.95. The van der Waals surface area contributed by atoms with E-state index in [4.69, 9.17) is 5.11 Å². The molecule has 0 aliphatic carbocycles. The molecule has 1 amide bonds. The summed E-state index contributed by atoms with van der Waals surface area (Å²) in [7, 11) is 0. The molecule has 1 rings (SSSR count). The number of carboxylic acid groups (broad SMARTS) is 1. The lowest BCUT2D eigenvalue weighted by molar-refractivity contribution is -0.114. The molecule has 0 aliphatic heterocycles. The third-order valence-corrected chi connectivity index (χ3v) is 2.67. The van der Waals surface area contributed by atoms with Gasteiger partial charge in [0.05, 0.1) is 5.56 Å². The largest absolute Gasteiger partial charge is 0.478 e. The van der Waals surface area contributed by atoms with Gasteiger partial charge in [-0.1, -0.05) is 13.0 Å². The van der Waals surface area contributed by atoms with Crippen molar-refractivity contribution >= 4 is 17.6 Å². The average molecular weight is 247 g/mol. The summed E-state index contributed by atoms with van der Waals surface area (Å²) >= 11 is 0. The average Bonchev–Trinajstić information content (AvgIpc) is 2.30. The van der Waals surface area contributed by atoms with E-state index in [2.05, 4.69) is 11.9 Å². The molecule has 0 saturated heterocycles. The van der Waals surface area contributed by atoms with Gasteiger partial charge in [0.15, 0.2) is 0 Å². The minimum absolute atomic E-state index is 0.176. The zero-order valence-electron chi connectivity index (χ0n) is 10.6. The van der Waals surface area contributed by atoms with E-state index >= 15 is 0 Å². The molecule has 0 atom stereocenters. The Morgan fingerprint density at radius 3 is 2.50 bits per heavy atom. The van der Waals surface area contributed by atoms with Gasteiger partial charge in [-0.25, -0.2) is 4.79 Å². The number of nitrogens with one attached hydrogen (secondary N) is 1. The van der Waals surface area contributed by atoms with Crippen molar-refractivity contribution in [3.8, 4) is 0 Å². The number of hydrogen-bond donors (Lipinski definition) is 2. The van der Waals surface area contributed by atoms with Crippen LogP contribution >= 0.6 is 0 Å². The lowest BCUT2D eigenvalue weighted by Crippen LogP contribution is -2.12. The molecule has 0 saturated carbocycles. The van der Waals surface area contributed by atoms with Gasteiger partial charge in [-0.05, 0) is 36.1 Å². The van der Waals surface area contributed by atoms with E-state index in [9.17, 15) is 9.59 Å². The molecule has 1 aromatic carbocycles. The van der Waals surface area contributed by atoms with E-state index < -0.39 is 5.97 Å². The molecular weight excluding hydrogens is 230 g/mol. The van der Waals surface area contributed by atoms with Crippen LogP contribution < -0.4 is 5.32 Å². The first-order chi connectivity index (χ1) is 8.51. The summed E-state index contributed by atoms with van der Waals surface area (Å²) in [5, 5.41) is 11.9. The number of amides is 1. The highest BCUT2D eigenvalue weighted by atomic mass is 16.4. The smallest absolute Gasteiger partial charge is 0.335 e. The van der Waals surface area contributed by atoms with Crippen molar-refractivity contribution < 1.29 is 14.7 Å². The molecule has 0 fully saturated rings. The van der Waals surface area contributed by atoms with Crippen LogP contribution in [-0.4, -0.2) is 17.0 Å². The molecule has 18 heavy (non-hydrogen) atoms. The number of rotatable bonds is 5. The Hall–Kier alpha value is -2.10. The molecule has 0 aromatic heterocycles. The lowest BCUT2D eigenvalue weighted by Gasteiger charge is -2.15. The fraction of sp³-hybridized carbons (Fsp3) is 0.286. The topological polar surface area (TPSA) is 66.4 Å². The summed E-state index contributed by atoms with van der Waals surface area (Å²) in [6, 6.07) is 3.15. The first kappa shape index (κ1) is 14.0. The van der Waals surface area contributed by atoms with Crippen molar-refractivity contribution in [3.05, 3.63) is 41.5 Å². The molecule has 2 N–H and O–H groups in total. The standard InChI is InChI=1S/C14H17NO3/c1-4-6-11-10(5-2)12(14(17)18)7-8-13(11)15-9(3)16/h4,7-8H,1,5-6H2,2-3H3,(H,15,16)(H,17,18). The van der Waals surface area contributed by atoms with Gasteiger partial charge < -0.3 is 10.4 Å². The van der Waals surface area contributed by atoms with Crippen LogP contribution in [-0.2, 0) is 17.6 Å². The lowest BCUT2D eigenvalue weighted by atomic mass is 9.94. The molecule has 1 aromatic rings. The quantitative estimate of drug-likeness (QED) is 0.786. The van der Waals surface area contributed by atoms with Gasteiger partial charge in [-0.2, -0.15) is 0 Å². The number of allylic oxidation sites excluding steroid dienone is 1. The molecule has 4 nitrogen and oxygen atoms in total. The molecule has 0 aliphatic rings. The number of hydrogen-bond acceptors (Lipinski definition) is 2. The van der Waals surface area contributed by atoms with Gasteiger partial charge >= 0.3 is 5.97 Å². The Balaban J connectivity index is 3.41. The minimum Gasteiger partial charge on any atom is -0.478 e.